The minimum atomic E-state index is -4.46. The van der Waals surface area contributed by atoms with E-state index in [9.17, 15) is 23.1 Å². The number of pyridine rings is 1. The van der Waals surface area contributed by atoms with Gasteiger partial charge in [0, 0.05) is 24.0 Å². The molecule has 1 aromatic carbocycles. The fourth-order valence-electron chi connectivity index (χ4n) is 3.20. The standard InChI is InChI=1S/C25H28F3N3O5.Ca.2H/c1-4-34-22-17(16-31(30-22)21-12-11-18(15-29-21)25(26,27)28)8-5-6-13-35-19-9-7-10-20(14-19)36-24(2,3)23(32)33;;;/h7,9-12,14-16H,4-6,8,13H2,1-3H3,(H,32,33);;;. The minimum absolute atomic E-state index is 0. The second-order valence-electron chi connectivity index (χ2n) is 8.44. The Morgan fingerprint density at radius 1 is 1.08 bits per heavy atom. The number of hydrogen-bond acceptors (Lipinski definition) is 6. The van der Waals surface area contributed by atoms with Gasteiger partial charge in [0.2, 0.25) is 5.88 Å². The predicted molar refractivity (Wildman–Crippen MR) is 133 cm³/mol. The van der Waals surface area contributed by atoms with E-state index in [2.05, 4.69) is 10.1 Å². The quantitative estimate of drug-likeness (QED) is 0.264. The van der Waals surface area contributed by atoms with Crippen molar-refractivity contribution in [2.45, 2.75) is 51.8 Å². The molecule has 1 N–H and O–H groups in total. The first-order valence-corrected chi connectivity index (χ1v) is 11.4. The molecule has 0 aliphatic rings. The molecule has 0 bridgehead atoms. The maximum absolute atomic E-state index is 12.8. The van der Waals surface area contributed by atoms with Crippen molar-refractivity contribution in [2.75, 3.05) is 13.2 Å². The van der Waals surface area contributed by atoms with Gasteiger partial charge in [-0.05, 0) is 64.3 Å². The van der Waals surface area contributed by atoms with Crippen LogP contribution in [0.1, 0.15) is 44.7 Å². The molecule has 3 rings (SSSR count). The Morgan fingerprint density at radius 3 is 2.43 bits per heavy atom. The zero-order chi connectivity index (χ0) is 26.3. The number of aliphatic carboxylic acids is 1. The van der Waals surface area contributed by atoms with E-state index in [1.165, 1.54) is 24.6 Å². The monoisotopic (exact) mass is 549 g/mol. The summed E-state index contributed by atoms with van der Waals surface area (Å²) in [5.74, 6) is 0.547. The molecule has 0 aliphatic heterocycles. The molecule has 0 unspecified atom stereocenters. The van der Waals surface area contributed by atoms with Crippen molar-refractivity contribution in [1.29, 1.82) is 0 Å². The number of carboxylic acid groups (broad SMARTS) is 1. The van der Waals surface area contributed by atoms with Crippen LogP contribution >= 0.6 is 0 Å². The summed E-state index contributed by atoms with van der Waals surface area (Å²) in [5, 5.41) is 13.5. The Morgan fingerprint density at radius 2 is 1.81 bits per heavy atom. The zero-order valence-electron chi connectivity index (χ0n) is 20.2. The molecule has 0 saturated heterocycles. The van der Waals surface area contributed by atoms with Crippen LogP contribution in [-0.2, 0) is 17.4 Å². The van der Waals surface area contributed by atoms with Crippen LogP contribution in [0.5, 0.6) is 17.4 Å². The van der Waals surface area contributed by atoms with Crippen molar-refractivity contribution in [2.24, 2.45) is 0 Å². The molecule has 0 atom stereocenters. The summed E-state index contributed by atoms with van der Waals surface area (Å²) >= 11 is 0. The summed E-state index contributed by atoms with van der Waals surface area (Å²) in [6.07, 6.45) is 0.0942. The molecule has 0 spiro atoms. The van der Waals surface area contributed by atoms with E-state index in [1.54, 1.807) is 30.5 Å². The third-order valence-corrected chi connectivity index (χ3v) is 5.15. The zero-order valence-corrected chi connectivity index (χ0v) is 20.2. The number of unbranched alkanes of at least 4 members (excludes halogenated alkanes) is 1. The first-order valence-electron chi connectivity index (χ1n) is 11.4. The van der Waals surface area contributed by atoms with Gasteiger partial charge in [0.15, 0.2) is 11.4 Å². The molecule has 0 aliphatic carbocycles. The molecule has 8 nitrogen and oxygen atoms in total. The van der Waals surface area contributed by atoms with Crippen LogP contribution < -0.4 is 14.2 Å². The van der Waals surface area contributed by atoms with Crippen LogP contribution in [0.3, 0.4) is 0 Å². The van der Waals surface area contributed by atoms with Crippen molar-refractivity contribution in [3.63, 3.8) is 0 Å². The Bertz CT molecular complexity index is 1170. The molecule has 0 saturated carbocycles. The van der Waals surface area contributed by atoms with Gasteiger partial charge < -0.3 is 19.3 Å². The van der Waals surface area contributed by atoms with E-state index < -0.39 is 23.3 Å². The van der Waals surface area contributed by atoms with Crippen molar-refractivity contribution < 1.29 is 37.3 Å². The first kappa shape index (κ1) is 30.7. The maximum atomic E-state index is 12.8. The number of ether oxygens (including phenoxy) is 3. The average molecular weight is 550 g/mol. The van der Waals surface area contributed by atoms with E-state index in [-0.39, 0.29) is 43.6 Å². The van der Waals surface area contributed by atoms with Gasteiger partial charge in [-0.1, -0.05) is 6.07 Å². The Labute approximate surface area is 242 Å². The van der Waals surface area contributed by atoms with Gasteiger partial charge in [-0.25, -0.2) is 14.5 Å². The van der Waals surface area contributed by atoms with Crippen LogP contribution in [0, 0.1) is 0 Å². The van der Waals surface area contributed by atoms with E-state index in [0.29, 0.717) is 43.4 Å². The van der Waals surface area contributed by atoms with Crippen molar-refractivity contribution >= 4 is 43.7 Å². The molecular weight excluding hydrogens is 519 g/mol. The van der Waals surface area contributed by atoms with E-state index in [4.69, 9.17) is 14.2 Å². The van der Waals surface area contributed by atoms with Crippen LogP contribution in [0.2, 0.25) is 0 Å². The summed E-state index contributed by atoms with van der Waals surface area (Å²) in [5.41, 5.74) is -1.38. The van der Waals surface area contributed by atoms with Gasteiger partial charge in [0.1, 0.15) is 11.5 Å². The number of alkyl halides is 3. The molecule has 2 heterocycles. The van der Waals surface area contributed by atoms with Gasteiger partial charge >= 0.3 is 49.9 Å². The number of aryl methyl sites for hydroxylation is 1. The van der Waals surface area contributed by atoms with Gasteiger partial charge in [0.05, 0.1) is 18.8 Å². The molecule has 2 aromatic heterocycles. The Kier molecular flexibility index (Phi) is 11.1. The molecule has 0 radical (unpaired) electrons. The molecule has 0 fully saturated rings. The first-order chi connectivity index (χ1) is 17.0. The summed E-state index contributed by atoms with van der Waals surface area (Å²) < 4.78 is 56.7. The van der Waals surface area contributed by atoms with Crippen molar-refractivity contribution in [3.05, 3.63) is 59.9 Å². The van der Waals surface area contributed by atoms with Gasteiger partial charge in [-0.15, -0.1) is 5.10 Å². The van der Waals surface area contributed by atoms with Crippen LogP contribution in [0.4, 0.5) is 13.2 Å². The van der Waals surface area contributed by atoms with Gasteiger partial charge in [0.25, 0.3) is 0 Å². The second-order valence-corrected chi connectivity index (χ2v) is 8.44. The van der Waals surface area contributed by atoms with Gasteiger partial charge in [-0.3, -0.25) is 0 Å². The normalized spacial score (nSPS) is 11.5. The SMILES string of the molecule is CCOc1nn(-c2ccc(C(F)(F)F)cn2)cc1CCCCOc1cccc(OC(C)(C)C(=O)O)c1.[CaH2]. The number of carbonyl (C=O) groups is 1. The van der Waals surface area contributed by atoms with E-state index >= 15 is 0 Å². The van der Waals surface area contributed by atoms with Crippen LogP contribution in [0.25, 0.3) is 5.82 Å². The molecule has 0 amide bonds. The number of carboxylic acids is 1. The average Bonchev–Trinajstić information content (AvgIpc) is 3.21. The number of rotatable bonds is 12. The third kappa shape index (κ3) is 8.79. The summed E-state index contributed by atoms with van der Waals surface area (Å²) in [6, 6.07) is 9.01. The summed E-state index contributed by atoms with van der Waals surface area (Å²) in [4.78, 5) is 15.1. The summed E-state index contributed by atoms with van der Waals surface area (Å²) in [6.45, 7) is 5.57. The number of hydrogen-bond donors (Lipinski definition) is 1. The Hall–Kier alpha value is -2.50. The van der Waals surface area contributed by atoms with Crippen LogP contribution in [-0.4, -0.2) is 82.4 Å². The van der Waals surface area contributed by atoms with Crippen molar-refractivity contribution in [3.8, 4) is 23.2 Å². The topological polar surface area (TPSA) is 95.7 Å². The molecule has 3 aromatic rings. The molecule has 37 heavy (non-hydrogen) atoms. The number of nitrogens with zero attached hydrogens (tertiary/aromatic N) is 3. The van der Waals surface area contributed by atoms with E-state index in [1.807, 2.05) is 6.92 Å². The number of aromatic nitrogens is 3. The van der Waals surface area contributed by atoms with Gasteiger partial charge in [-0.2, -0.15) is 13.2 Å². The Balaban J connectivity index is 0.00000481. The number of halogens is 3. The third-order valence-electron chi connectivity index (χ3n) is 5.15. The fourth-order valence-corrected chi connectivity index (χ4v) is 3.20. The fraction of sp³-hybridized carbons (Fsp3) is 0.400. The van der Waals surface area contributed by atoms with Crippen molar-refractivity contribution in [1.82, 2.24) is 14.8 Å². The predicted octanol–water partition coefficient (Wildman–Crippen LogP) is 4.41. The molecule has 198 valence electrons. The summed E-state index contributed by atoms with van der Waals surface area (Å²) in [7, 11) is 0. The van der Waals surface area contributed by atoms with E-state index in [0.717, 1.165) is 24.2 Å². The molecule has 12 heteroatoms. The second kappa shape index (κ2) is 13.3. The molecular formula is C25H30CaF3N3O5. The number of benzene rings is 1. The van der Waals surface area contributed by atoms with Crippen LogP contribution in [0.15, 0.2) is 48.8 Å².